The summed E-state index contributed by atoms with van der Waals surface area (Å²) in [5.41, 5.74) is 2.53. The first-order valence-electron chi connectivity index (χ1n) is 48.3. The van der Waals surface area contributed by atoms with Crippen molar-refractivity contribution in [3.8, 4) is 46.0 Å². The minimum atomic E-state index is -1.44. The molecule has 10 unspecified atom stereocenters. The van der Waals surface area contributed by atoms with Gasteiger partial charge < -0.3 is 66.6 Å². The lowest BCUT2D eigenvalue weighted by Gasteiger charge is -2.37. The maximum absolute atomic E-state index is 17.1. The monoisotopic (exact) mass is 1880 g/mol. The Balaban J connectivity index is 0.830. The molecule has 28 heteroatoms. The predicted octanol–water partition coefficient (Wildman–Crippen LogP) is 16.9. The Morgan fingerprint density at radius 1 is 0.324 bits per heavy atom. The number of thiophene rings is 2. The number of benzene rings is 9. The number of rotatable bonds is 46. The van der Waals surface area contributed by atoms with E-state index < -0.39 is 69.2 Å². The molecule has 0 N–H and O–H groups in total. The van der Waals surface area contributed by atoms with Gasteiger partial charge in [0.1, 0.15) is 46.0 Å². The molecule has 0 radical (unpaired) electrons. The Kier molecular flexibility index (Phi) is 24.9. The largest absolute Gasteiger partial charge is 0.457 e. The van der Waals surface area contributed by atoms with Gasteiger partial charge in [-0.1, -0.05) is 116 Å². The quantitative estimate of drug-likeness (QED) is 0.0148. The van der Waals surface area contributed by atoms with Gasteiger partial charge in [-0.25, -0.2) is 0 Å². The zero-order chi connectivity index (χ0) is 94.1. The fourth-order valence-electron chi connectivity index (χ4n) is 20.9. The van der Waals surface area contributed by atoms with Crippen LogP contribution in [0.25, 0.3) is 43.1 Å². The van der Waals surface area contributed by atoms with Crippen molar-refractivity contribution in [2.45, 2.75) is 166 Å². The molecule has 2 aromatic heterocycles. The second-order valence-corrected chi connectivity index (χ2v) is 42.9. The van der Waals surface area contributed by atoms with Crippen molar-refractivity contribution in [3.63, 3.8) is 0 Å². The molecule has 26 nitrogen and oxygen atoms in total. The molecule has 0 spiro atoms. The molecule has 10 aliphatic heterocycles. The molecule has 10 atom stereocenters. The van der Waals surface area contributed by atoms with Crippen LogP contribution in [-0.4, -0.2) is 281 Å². The molecule has 8 fully saturated rings. The fraction of sp³-hybridized carbons (Fsp3) is 0.463. The van der Waals surface area contributed by atoms with E-state index in [9.17, 15) is 0 Å². The van der Waals surface area contributed by atoms with Crippen molar-refractivity contribution >= 4 is 101 Å². The predicted molar refractivity (Wildman–Crippen MR) is 520 cm³/mol. The first kappa shape index (κ1) is 92.0. The van der Waals surface area contributed by atoms with Crippen molar-refractivity contribution in [3.05, 3.63) is 211 Å². The van der Waals surface area contributed by atoms with E-state index in [1.807, 2.05) is 99.1 Å². The van der Waals surface area contributed by atoms with Crippen molar-refractivity contribution < 1.29 is 85.6 Å². The summed E-state index contributed by atoms with van der Waals surface area (Å²) in [5, 5.41) is 5.87. The van der Waals surface area contributed by atoms with Crippen LogP contribution in [0.5, 0.6) is 46.0 Å². The molecule has 10 aliphatic rings. The molecule has 0 bridgehead atoms. The van der Waals surface area contributed by atoms with Crippen LogP contribution >= 0.6 is 22.7 Å². The van der Waals surface area contributed by atoms with E-state index in [0.29, 0.717) is 144 Å². The van der Waals surface area contributed by atoms with Crippen molar-refractivity contribution in [1.82, 2.24) is 39.2 Å². The van der Waals surface area contributed by atoms with Gasteiger partial charge in [0.15, 0.2) is 12.1 Å². The number of nitrogens with zero attached hydrogens (tertiary/aromatic N) is 8. The number of imide groups is 2. The van der Waals surface area contributed by atoms with Gasteiger partial charge in [0, 0.05) is 179 Å². The lowest BCUT2D eigenvalue weighted by atomic mass is 9.80. The molecule has 0 saturated carbocycles. The topological polar surface area (TPSA) is 266 Å². The number of likely N-dealkylation sites (N-methyl/N-ethyl adjacent to an activating group) is 2. The number of amides is 6. The Morgan fingerprint density at radius 2 is 0.529 bits per heavy atom. The minimum Gasteiger partial charge on any atom is -0.457 e. The van der Waals surface area contributed by atoms with E-state index in [4.69, 9.17) is 56.8 Å². The molecule has 9 aromatic carbocycles. The summed E-state index contributed by atoms with van der Waals surface area (Å²) in [4.78, 5) is 116. The van der Waals surface area contributed by atoms with Gasteiger partial charge in [-0.2, -0.15) is 0 Å². The van der Waals surface area contributed by atoms with E-state index in [1.165, 1.54) is 22.7 Å². The Morgan fingerprint density at radius 3 is 0.706 bits per heavy atom. The zero-order valence-corrected chi connectivity index (χ0v) is 81.1. The van der Waals surface area contributed by atoms with Crippen LogP contribution in [0.4, 0.5) is 0 Å². The normalized spacial score (nSPS) is 21.4. The minimum absolute atomic E-state index is 0.0268. The van der Waals surface area contributed by atoms with E-state index in [2.05, 4.69) is 124 Å². The highest BCUT2D eigenvalue weighted by atomic mass is 32.1. The van der Waals surface area contributed by atoms with Crippen LogP contribution < -0.4 is 18.9 Å². The van der Waals surface area contributed by atoms with Gasteiger partial charge in [-0.15, -0.1) is 22.7 Å². The lowest BCUT2D eigenvalue weighted by Crippen LogP contribution is -2.49. The first-order valence-corrected chi connectivity index (χ1v) is 50.0. The summed E-state index contributed by atoms with van der Waals surface area (Å²) in [6, 6.07) is 42.8. The van der Waals surface area contributed by atoms with E-state index >= 15 is 28.8 Å². The fourth-order valence-corrected chi connectivity index (χ4v) is 22.5. The summed E-state index contributed by atoms with van der Waals surface area (Å²) < 4.78 is 77.2. The van der Waals surface area contributed by atoms with Crippen LogP contribution in [0.1, 0.15) is 169 Å². The average Bonchev–Trinajstić information content (AvgIpc) is 1.50. The number of fused-ring (bicyclic) bond motifs is 2. The standard InChI is InChI=1S/C108H120N8O18S2/c1-13-113(14-2)103(121)97(87-19-17-37-135-87)115-99(117)79-39-83(131-67-29-21-63(22-30-67)105(5,6)59-109(43-71-51-123-71)44-72-52-124-72)91-93-85(133-69-33-25-65(26-34-69)107(9,10)61-111(47-75-55-127-75)48-76-56-128-76)41-81-90-82(102(120)116(101(81)119)98(88-20-18-38-136-88)104(122)114(15-3)16-4)42-86(134-70-35-27-66(28-36-70)108(11,12)62-112(49-77-57-129-77)50-78-58-130-78)94(96(90)93)92-84(40-80(100(115)118)89(79)95(91)92)132-68-31-23-64(24-32-68)106(7,8)60-110(45-73-53-125-73)46-74-54-126-74/h17-42,71-78,97-98H,13-16,43-62H2,1-12H3. The molecule has 12 heterocycles. The van der Waals surface area contributed by atoms with E-state index in [1.54, 1.807) is 46.2 Å². The summed E-state index contributed by atoms with van der Waals surface area (Å²) >= 11 is 2.54. The van der Waals surface area contributed by atoms with Crippen molar-refractivity contribution in [2.24, 2.45) is 0 Å². The molecular formula is C108H120N8O18S2. The van der Waals surface area contributed by atoms with Gasteiger partial charge in [-0.3, -0.25) is 58.2 Å². The van der Waals surface area contributed by atoms with Crippen LogP contribution in [0.15, 0.2) is 156 Å². The summed E-state index contributed by atoms with van der Waals surface area (Å²) in [7, 11) is 0. The van der Waals surface area contributed by atoms with Gasteiger partial charge in [-0.05, 0) is 146 Å². The van der Waals surface area contributed by atoms with Crippen LogP contribution in [0.3, 0.4) is 0 Å². The van der Waals surface area contributed by atoms with Crippen LogP contribution in [0.2, 0.25) is 0 Å². The number of epoxide rings is 8. The maximum Gasteiger partial charge on any atom is 0.262 e. The number of carbonyl (C=O) groups excluding carboxylic acids is 6. The number of hydrogen-bond donors (Lipinski definition) is 0. The number of hydrogen-bond acceptors (Lipinski definition) is 24. The summed E-state index contributed by atoms with van der Waals surface area (Å²) in [6.07, 6.45) is 1.23. The van der Waals surface area contributed by atoms with Gasteiger partial charge in [0.05, 0.1) is 124 Å². The summed E-state index contributed by atoms with van der Waals surface area (Å²) in [6.45, 7) is 41.1. The Labute approximate surface area is 801 Å². The first-order chi connectivity index (χ1) is 65.6. The Hall–Kier alpha value is -10.4. The lowest BCUT2D eigenvalue weighted by molar-refractivity contribution is -0.135. The van der Waals surface area contributed by atoms with Crippen LogP contribution in [-0.2, 0) is 69.1 Å². The highest BCUT2D eigenvalue weighted by molar-refractivity contribution is 7.10. The van der Waals surface area contributed by atoms with E-state index in [0.717, 1.165) is 84.4 Å². The SMILES string of the molecule is CCN(CC)C(=O)C(c1cccs1)N1C(=O)c2cc(Oc3ccc(C(C)(C)CN(CC4CO4)CC4CO4)cc3)c3c4c(Oc5ccc(C(C)(C)CN(CC6CO6)CC6CO6)cc5)cc5c6c(cc(Oc7ccc(C(C)(C)CN(CC8CO8)CC8CO8)cc7)c(c7c(Oc8ccc(C(C)(C)CN(CC9CO9)CC9CO9)cc8)cc(c2c37)C1=O)c64)C(=O)N(C(C(=O)N(CC)CC)c1cccs1)C5=O. The third-order valence-corrected chi connectivity index (χ3v) is 30.4. The molecule has 11 aromatic rings. The van der Waals surface area contributed by atoms with Gasteiger partial charge >= 0.3 is 0 Å². The average molecular weight is 1880 g/mol. The van der Waals surface area contributed by atoms with Gasteiger partial charge in [0.2, 0.25) is 0 Å². The highest BCUT2D eigenvalue weighted by Crippen LogP contribution is 2.60. The second kappa shape index (κ2) is 36.8. The van der Waals surface area contributed by atoms with Crippen LogP contribution in [0, 0.1) is 0 Å². The number of carbonyl (C=O) groups is 6. The molecular weight excluding hydrogens is 1760 g/mol. The van der Waals surface area contributed by atoms with Gasteiger partial charge in [0.25, 0.3) is 35.4 Å². The smallest absolute Gasteiger partial charge is 0.262 e. The third-order valence-electron chi connectivity index (χ3n) is 28.6. The third kappa shape index (κ3) is 19.1. The highest BCUT2D eigenvalue weighted by Gasteiger charge is 2.50. The molecule has 6 amide bonds. The molecule has 21 rings (SSSR count). The van der Waals surface area contributed by atoms with Crippen molar-refractivity contribution in [2.75, 3.05) is 158 Å². The molecule has 712 valence electrons. The van der Waals surface area contributed by atoms with E-state index in [-0.39, 0.29) is 131 Å². The Bertz CT molecular complexity index is 5600. The number of ether oxygens (including phenoxy) is 12. The zero-order valence-electron chi connectivity index (χ0n) is 79.5. The molecule has 136 heavy (non-hydrogen) atoms. The summed E-state index contributed by atoms with van der Waals surface area (Å²) in [5.74, 6) is -2.13. The second-order valence-electron chi connectivity index (χ2n) is 41.0. The molecule has 8 saturated heterocycles. The molecule has 0 aliphatic carbocycles. The maximum atomic E-state index is 17.1. The van der Waals surface area contributed by atoms with Crippen molar-refractivity contribution in [1.29, 1.82) is 0 Å².